The van der Waals surface area contributed by atoms with Crippen LogP contribution in [0.1, 0.15) is 36.3 Å². The number of piperidine rings is 1. The molecule has 1 fully saturated rings. The molecule has 0 radical (unpaired) electrons. The molecule has 0 saturated carbocycles. The van der Waals surface area contributed by atoms with E-state index < -0.39 is 15.8 Å². The van der Waals surface area contributed by atoms with Crippen LogP contribution in [0.2, 0.25) is 0 Å². The number of sulfonamides is 1. The summed E-state index contributed by atoms with van der Waals surface area (Å²) in [6.07, 6.45) is 5.24. The van der Waals surface area contributed by atoms with Gasteiger partial charge in [0.1, 0.15) is 16.5 Å². The first kappa shape index (κ1) is 16.6. The third kappa shape index (κ3) is 2.66. The fourth-order valence-corrected chi connectivity index (χ4v) is 5.74. The van der Waals surface area contributed by atoms with E-state index in [4.69, 9.17) is 0 Å². The number of hydrogen-bond donors (Lipinski definition) is 0. The van der Waals surface area contributed by atoms with E-state index in [1.54, 1.807) is 6.07 Å². The first-order valence-corrected chi connectivity index (χ1v) is 9.94. The highest BCUT2D eigenvalue weighted by molar-refractivity contribution is 7.89. The molecule has 2 aliphatic rings. The van der Waals surface area contributed by atoms with Crippen LogP contribution < -0.4 is 0 Å². The molecule has 1 spiro atoms. The minimum Gasteiger partial charge on any atom is -0.241 e. The van der Waals surface area contributed by atoms with Crippen molar-refractivity contribution in [2.24, 2.45) is 0 Å². The highest BCUT2D eigenvalue weighted by Gasteiger charge is 2.46. The molecule has 1 aromatic heterocycles. The Morgan fingerprint density at radius 2 is 2.04 bits per heavy atom. The number of nitrogens with zero attached hydrogens (tertiary/aromatic N) is 3. The molecular weight excluding hydrogens is 341 g/mol. The first-order valence-electron chi connectivity index (χ1n) is 8.50. The molecule has 1 aromatic carbocycles. The zero-order valence-corrected chi connectivity index (χ0v) is 14.9. The molecule has 1 aliphatic carbocycles. The molecule has 1 atom stereocenters. The Morgan fingerprint density at radius 3 is 2.84 bits per heavy atom. The predicted molar refractivity (Wildman–Crippen MR) is 91.2 cm³/mol. The largest absolute Gasteiger partial charge is 0.246 e. The van der Waals surface area contributed by atoms with Gasteiger partial charge in [-0.2, -0.15) is 4.31 Å². The number of halogens is 1. The molecule has 7 heteroatoms. The monoisotopic (exact) mass is 361 g/mol. The summed E-state index contributed by atoms with van der Waals surface area (Å²) in [6, 6.07) is 5.57. The molecule has 0 amide bonds. The molecule has 2 heterocycles. The minimum absolute atomic E-state index is 0.246. The van der Waals surface area contributed by atoms with E-state index in [1.807, 2.05) is 13.1 Å². The molecule has 1 aliphatic heterocycles. The highest BCUT2D eigenvalue weighted by atomic mass is 32.2. The molecule has 4 rings (SSSR count). The Kier molecular flexibility index (Phi) is 3.88. The van der Waals surface area contributed by atoms with Crippen LogP contribution in [0.25, 0.3) is 0 Å². The van der Waals surface area contributed by atoms with E-state index >= 15 is 0 Å². The number of benzene rings is 1. The fourth-order valence-electron chi connectivity index (χ4n) is 4.11. The van der Waals surface area contributed by atoms with Crippen molar-refractivity contribution in [2.45, 2.75) is 42.9 Å². The summed E-state index contributed by atoms with van der Waals surface area (Å²) in [5.74, 6) is 0.00113. The van der Waals surface area contributed by atoms with Crippen LogP contribution in [0.4, 0.5) is 4.39 Å². The van der Waals surface area contributed by atoms with E-state index in [1.165, 1.54) is 22.5 Å². The van der Waals surface area contributed by atoms with Gasteiger partial charge in [-0.05, 0) is 50.3 Å². The van der Waals surface area contributed by atoms with Crippen molar-refractivity contribution < 1.29 is 12.8 Å². The van der Waals surface area contributed by atoms with Crippen molar-refractivity contribution in [3.63, 3.8) is 0 Å². The van der Waals surface area contributed by atoms with Gasteiger partial charge < -0.3 is 0 Å². The number of aromatic nitrogens is 2. The van der Waals surface area contributed by atoms with Crippen molar-refractivity contribution in [3.05, 3.63) is 53.4 Å². The smallest absolute Gasteiger partial charge is 0.241 e. The van der Waals surface area contributed by atoms with Crippen molar-refractivity contribution in [3.8, 4) is 0 Å². The standard InChI is InChI=1S/C18H20FN3O2S/c1-13-20-11-14-7-9-18(17(14)21-13)8-4-10-22(12-18)25(23,24)16-6-3-2-5-15(16)19/h2-3,5-6,11H,4,7-10,12H2,1H3. The number of hydrogen-bond acceptors (Lipinski definition) is 4. The third-order valence-corrected chi connectivity index (χ3v) is 7.23. The summed E-state index contributed by atoms with van der Waals surface area (Å²) in [5, 5.41) is 0. The predicted octanol–water partition coefficient (Wildman–Crippen LogP) is 2.59. The number of fused-ring (bicyclic) bond motifs is 2. The molecule has 0 bridgehead atoms. The van der Waals surface area contributed by atoms with Crippen molar-refractivity contribution in [2.75, 3.05) is 13.1 Å². The maximum atomic E-state index is 14.1. The van der Waals surface area contributed by atoms with E-state index in [0.717, 1.165) is 36.9 Å². The summed E-state index contributed by atoms with van der Waals surface area (Å²) in [4.78, 5) is 8.65. The van der Waals surface area contributed by atoms with Crippen molar-refractivity contribution >= 4 is 10.0 Å². The lowest BCUT2D eigenvalue weighted by molar-refractivity contribution is 0.219. The van der Waals surface area contributed by atoms with Gasteiger partial charge in [0, 0.05) is 24.7 Å². The zero-order valence-electron chi connectivity index (χ0n) is 14.1. The van der Waals surface area contributed by atoms with Gasteiger partial charge in [0.15, 0.2) is 0 Å². The van der Waals surface area contributed by atoms with E-state index in [2.05, 4.69) is 9.97 Å². The second-order valence-electron chi connectivity index (χ2n) is 6.94. The van der Waals surface area contributed by atoms with Gasteiger partial charge in [0.2, 0.25) is 10.0 Å². The molecule has 0 N–H and O–H groups in total. The fraction of sp³-hybridized carbons (Fsp3) is 0.444. The van der Waals surface area contributed by atoms with Gasteiger partial charge in [0.25, 0.3) is 0 Å². The van der Waals surface area contributed by atoms with Crippen molar-refractivity contribution in [1.82, 2.24) is 14.3 Å². The van der Waals surface area contributed by atoms with Crippen molar-refractivity contribution in [1.29, 1.82) is 0 Å². The van der Waals surface area contributed by atoms with Crippen LogP contribution in [0.5, 0.6) is 0 Å². The van der Waals surface area contributed by atoms with Crippen LogP contribution in [0, 0.1) is 12.7 Å². The highest BCUT2D eigenvalue weighted by Crippen LogP contribution is 2.44. The summed E-state index contributed by atoms with van der Waals surface area (Å²) < 4.78 is 41.5. The van der Waals surface area contributed by atoms with Gasteiger partial charge in [-0.1, -0.05) is 12.1 Å². The normalized spacial score (nSPS) is 23.8. The van der Waals surface area contributed by atoms with Crippen LogP contribution in [-0.4, -0.2) is 35.8 Å². The Bertz CT molecular complexity index is 928. The van der Waals surface area contributed by atoms with Gasteiger partial charge in [0.05, 0.1) is 5.69 Å². The number of rotatable bonds is 2. The molecule has 5 nitrogen and oxygen atoms in total. The van der Waals surface area contributed by atoms with Gasteiger partial charge in [-0.15, -0.1) is 0 Å². The maximum Gasteiger partial charge on any atom is 0.246 e. The average molecular weight is 361 g/mol. The van der Waals surface area contributed by atoms with Gasteiger partial charge in [-0.3, -0.25) is 0 Å². The quantitative estimate of drug-likeness (QED) is 0.825. The topological polar surface area (TPSA) is 63.2 Å². The second kappa shape index (κ2) is 5.85. The van der Waals surface area contributed by atoms with Crippen LogP contribution in [0.15, 0.2) is 35.4 Å². The average Bonchev–Trinajstić information content (AvgIpc) is 2.93. The van der Waals surface area contributed by atoms with Gasteiger partial charge >= 0.3 is 0 Å². The Morgan fingerprint density at radius 1 is 1.24 bits per heavy atom. The summed E-state index contributed by atoms with van der Waals surface area (Å²) >= 11 is 0. The minimum atomic E-state index is -3.85. The maximum absolute atomic E-state index is 14.1. The van der Waals surface area contributed by atoms with Crippen LogP contribution >= 0.6 is 0 Å². The second-order valence-corrected chi connectivity index (χ2v) is 8.85. The summed E-state index contributed by atoms with van der Waals surface area (Å²) in [5.41, 5.74) is 1.81. The van der Waals surface area contributed by atoms with Crippen LogP contribution in [-0.2, 0) is 21.9 Å². The molecule has 132 valence electrons. The Balaban J connectivity index is 1.72. The van der Waals surface area contributed by atoms with Crippen LogP contribution in [0.3, 0.4) is 0 Å². The van der Waals surface area contributed by atoms with E-state index in [-0.39, 0.29) is 10.3 Å². The lowest BCUT2D eigenvalue weighted by Crippen LogP contribution is -2.48. The molecule has 1 saturated heterocycles. The molecule has 2 aromatic rings. The Labute approximate surface area is 147 Å². The summed E-state index contributed by atoms with van der Waals surface area (Å²) in [6.45, 7) is 2.62. The Hall–Kier alpha value is -1.86. The molecule has 1 unspecified atom stereocenters. The lowest BCUT2D eigenvalue weighted by Gasteiger charge is -2.39. The third-order valence-electron chi connectivity index (χ3n) is 5.36. The zero-order chi connectivity index (χ0) is 17.7. The van der Waals surface area contributed by atoms with E-state index in [9.17, 15) is 12.8 Å². The molecular formula is C18H20FN3O2S. The first-order chi connectivity index (χ1) is 11.9. The SMILES string of the molecule is Cc1ncc2c(n1)C1(CCCN(S(=O)(=O)c3ccccc3F)C1)CC2. The number of aryl methyl sites for hydroxylation is 2. The van der Waals surface area contributed by atoms with E-state index in [0.29, 0.717) is 18.9 Å². The lowest BCUT2D eigenvalue weighted by atomic mass is 9.78. The summed E-state index contributed by atoms with van der Waals surface area (Å²) in [7, 11) is -3.85. The molecule has 25 heavy (non-hydrogen) atoms. The van der Waals surface area contributed by atoms with Gasteiger partial charge in [-0.25, -0.2) is 22.8 Å².